The van der Waals surface area contributed by atoms with Crippen molar-refractivity contribution in [1.29, 1.82) is 5.26 Å². The van der Waals surface area contributed by atoms with Gasteiger partial charge in [0.25, 0.3) is 0 Å². The van der Waals surface area contributed by atoms with Gasteiger partial charge in [-0.05, 0) is 39.8 Å². The van der Waals surface area contributed by atoms with Crippen LogP contribution in [-0.2, 0) is 9.31 Å². The highest BCUT2D eigenvalue weighted by Crippen LogP contribution is 2.36. The first kappa shape index (κ1) is 13.8. The van der Waals surface area contributed by atoms with Crippen LogP contribution < -0.4 is 10.9 Å². The van der Waals surface area contributed by atoms with Crippen LogP contribution in [0, 0.1) is 11.3 Å². The number of hydrogen-bond acceptors (Lipinski definition) is 5. The van der Waals surface area contributed by atoms with Gasteiger partial charge in [0.1, 0.15) is 11.9 Å². The first-order valence-electron chi connectivity index (χ1n) is 6.25. The number of pyridine rings is 1. The van der Waals surface area contributed by atoms with Crippen LogP contribution in [-0.4, -0.2) is 30.4 Å². The molecule has 100 valence electrons. The van der Waals surface area contributed by atoms with Crippen molar-refractivity contribution in [2.24, 2.45) is 0 Å². The maximum atomic E-state index is 8.98. The Hall–Kier alpha value is -1.58. The molecule has 1 N–H and O–H groups in total. The van der Waals surface area contributed by atoms with E-state index in [1.807, 2.05) is 27.7 Å². The minimum atomic E-state index is -0.509. The summed E-state index contributed by atoms with van der Waals surface area (Å²) >= 11 is 0. The van der Waals surface area contributed by atoms with Gasteiger partial charge in [0.15, 0.2) is 0 Å². The Labute approximate surface area is 114 Å². The second-order valence-electron chi connectivity index (χ2n) is 5.58. The average Bonchev–Trinajstić information content (AvgIpc) is 2.57. The first-order chi connectivity index (χ1) is 8.80. The van der Waals surface area contributed by atoms with E-state index in [1.54, 1.807) is 19.2 Å². The van der Waals surface area contributed by atoms with E-state index in [9.17, 15) is 0 Å². The van der Waals surface area contributed by atoms with Gasteiger partial charge in [-0.25, -0.2) is 4.98 Å². The van der Waals surface area contributed by atoms with Crippen molar-refractivity contribution in [2.45, 2.75) is 38.9 Å². The van der Waals surface area contributed by atoms with Gasteiger partial charge in [0.2, 0.25) is 0 Å². The predicted molar refractivity (Wildman–Crippen MR) is 74.2 cm³/mol. The lowest BCUT2D eigenvalue weighted by atomic mass is 9.84. The van der Waals surface area contributed by atoms with E-state index in [1.165, 1.54) is 0 Å². The Balaban J connectivity index is 2.33. The summed E-state index contributed by atoms with van der Waals surface area (Å²) in [4.78, 5) is 4.39. The summed E-state index contributed by atoms with van der Waals surface area (Å²) in [6.07, 6.45) is 0. The SMILES string of the molecule is CNc1nc(B2OC(C)(C)C(C)(C)O2)ccc1C#N. The lowest BCUT2D eigenvalue weighted by Crippen LogP contribution is -2.41. The van der Waals surface area contributed by atoms with Crippen molar-refractivity contribution >= 4 is 18.5 Å². The van der Waals surface area contributed by atoms with Crippen LogP contribution in [0.1, 0.15) is 33.3 Å². The molecule has 1 fully saturated rings. The minimum Gasteiger partial charge on any atom is -0.398 e. The average molecular weight is 259 g/mol. The molecule has 0 spiro atoms. The summed E-state index contributed by atoms with van der Waals surface area (Å²) in [5, 5.41) is 11.9. The van der Waals surface area contributed by atoms with Crippen molar-refractivity contribution in [3.8, 4) is 6.07 Å². The molecule has 0 radical (unpaired) electrons. The molecular weight excluding hydrogens is 241 g/mol. The summed E-state index contributed by atoms with van der Waals surface area (Å²) in [7, 11) is 1.22. The van der Waals surface area contributed by atoms with Crippen LogP contribution in [0.2, 0.25) is 0 Å². The van der Waals surface area contributed by atoms with E-state index in [0.717, 1.165) is 0 Å². The zero-order valence-corrected chi connectivity index (χ0v) is 11.9. The zero-order valence-electron chi connectivity index (χ0n) is 11.9. The van der Waals surface area contributed by atoms with Gasteiger partial charge in [-0.15, -0.1) is 0 Å². The third-order valence-corrected chi connectivity index (χ3v) is 3.77. The molecule has 2 heterocycles. The van der Waals surface area contributed by atoms with Crippen LogP contribution in [0.4, 0.5) is 5.82 Å². The third-order valence-electron chi connectivity index (χ3n) is 3.77. The molecule has 0 aromatic carbocycles. The maximum Gasteiger partial charge on any atom is 0.514 e. The smallest absolute Gasteiger partial charge is 0.398 e. The normalized spacial score (nSPS) is 20.1. The molecule has 2 rings (SSSR count). The molecule has 1 aromatic heterocycles. The van der Waals surface area contributed by atoms with Crippen molar-refractivity contribution in [2.75, 3.05) is 12.4 Å². The fraction of sp³-hybridized carbons (Fsp3) is 0.538. The second-order valence-corrected chi connectivity index (χ2v) is 5.58. The number of hydrogen-bond donors (Lipinski definition) is 1. The van der Waals surface area contributed by atoms with E-state index in [-0.39, 0.29) is 0 Å². The Morgan fingerprint density at radius 2 is 1.79 bits per heavy atom. The molecule has 0 atom stereocenters. The molecule has 0 unspecified atom stereocenters. The van der Waals surface area contributed by atoms with Crippen LogP contribution in [0.5, 0.6) is 0 Å². The Bertz CT molecular complexity index is 521. The van der Waals surface area contributed by atoms with Gasteiger partial charge in [-0.3, -0.25) is 0 Å². The number of rotatable bonds is 2. The molecule has 0 amide bonds. The predicted octanol–water partition coefficient (Wildman–Crippen LogP) is 1.29. The number of anilines is 1. The van der Waals surface area contributed by atoms with Gasteiger partial charge < -0.3 is 14.6 Å². The summed E-state index contributed by atoms with van der Waals surface area (Å²) in [5.41, 5.74) is 0.380. The second kappa shape index (κ2) is 4.51. The highest BCUT2D eigenvalue weighted by atomic mass is 16.7. The van der Waals surface area contributed by atoms with Gasteiger partial charge in [-0.1, -0.05) is 0 Å². The number of nitriles is 1. The monoisotopic (exact) mass is 259 g/mol. The van der Waals surface area contributed by atoms with Crippen LogP contribution in [0.15, 0.2) is 12.1 Å². The summed E-state index contributed by atoms with van der Waals surface area (Å²) in [5.74, 6) is 0.537. The van der Waals surface area contributed by atoms with Gasteiger partial charge >= 0.3 is 7.12 Å². The largest absolute Gasteiger partial charge is 0.514 e. The van der Waals surface area contributed by atoms with E-state index < -0.39 is 18.3 Å². The molecule has 0 bridgehead atoms. The molecule has 1 aliphatic heterocycles. The van der Waals surface area contributed by atoms with Crippen LogP contribution in [0.25, 0.3) is 0 Å². The fourth-order valence-electron chi connectivity index (χ4n) is 1.85. The molecule has 6 heteroatoms. The lowest BCUT2D eigenvalue weighted by molar-refractivity contribution is 0.00578. The van der Waals surface area contributed by atoms with E-state index in [4.69, 9.17) is 14.6 Å². The van der Waals surface area contributed by atoms with Gasteiger partial charge in [-0.2, -0.15) is 5.26 Å². The highest BCUT2D eigenvalue weighted by molar-refractivity contribution is 6.61. The van der Waals surface area contributed by atoms with E-state index in [2.05, 4.69) is 16.4 Å². The third kappa shape index (κ3) is 2.31. The Morgan fingerprint density at radius 3 is 2.26 bits per heavy atom. The molecule has 0 aliphatic carbocycles. The van der Waals surface area contributed by atoms with Gasteiger partial charge in [0, 0.05) is 7.05 Å². The number of nitrogens with one attached hydrogen (secondary N) is 1. The molecule has 5 nitrogen and oxygen atoms in total. The van der Waals surface area contributed by atoms with E-state index in [0.29, 0.717) is 17.0 Å². The molecule has 1 aromatic rings. The minimum absolute atomic E-state index is 0.396. The summed E-state index contributed by atoms with van der Waals surface area (Å²) in [6, 6.07) is 5.58. The lowest BCUT2D eigenvalue weighted by Gasteiger charge is -2.32. The molecule has 0 saturated carbocycles. The zero-order chi connectivity index (χ0) is 14.3. The first-order valence-corrected chi connectivity index (χ1v) is 6.25. The van der Waals surface area contributed by atoms with E-state index >= 15 is 0 Å². The van der Waals surface area contributed by atoms with Crippen LogP contribution >= 0.6 is 0 Å². The number of nitrogens with zero attached hydrogens (tertiary/aromatic N) is 2. The summed E-state index contributed by atoms with van der Waals surface area (Å²) in [6.45, 7) is 7.98. The summed E-state index contributed by atoms with van der Waals surface area (Å²) < 4.78 is 11.9. The van der Waals surface area contributed by atoms with Crippen molar-refractivity contribution in [3.05, 3.63) is 17.7 Å². The molecule has 1 aliphatic rings. The standard InChI is InChI=1S/C13H18BN3O2/c1-12(2)13(3,4)19-14(18-12)10-7-6-9(8-15)11(16-5)17-10/h6-7H,1-5H3,(H,16,17). The van der Waals surface area contributed by atoms with Crippen molar-refractivity contribution in [3.63, 3.8) is 0 Å². The number of aromatic nitrogens is 1. The van der Waals surface area contributed by atoms with Gasteiger partial charge in [0.05, 0.1) is 22.4 Å². The molecule has 19 heavy (non-hydrogen) atoms. The van der Waals surface area contributed by atoms with Crippen LogP contribution in [0.3, 0.4) is 0 Å². The van der Waals surface area contributed by atoms with Crippen molar-refractivity contribution in [1.82, 2.24) is 4.98 Å². The quantitative estimate of drug-likeness (QED) is 0.810. The highest BCUT2D eigenvalue weighted by Gasteiger charge is 2.52. The molecular formula is C13H18BN3O2. The maximum absolute atomic E-state index is 8.98. The molecule has 1 saturated heterocycles. The fourth-order valence-corrected chi connectivity index (χ4v) is 1.85. The van der Waals surface area contributed by atoms with Crippen molar-refractivity contribution < 1.29 is 9.31 Å². The Morgan fingerprint density at radius 1 is 1.21 bits per heavy atom. The Kier molecular flexibility index (Phi) is 3.29. The topological polar surface area (TPSA) is 67.2 Å².